The number of rotatable bonds is 12. The number of carbonyl (C=O) groups is 3. The molecule has 0 heterocycles. The quantitative estimate of drug-likeness (QED) is 0.226. The second kappa shape index (κ2) is 15.5. The third-order valence-corrected chi connectivity index (χ3v) is 6.71. The van der Waals surface area contributed by atoms with Crippen molar-refractivity contribution < 1.29 is 29.0 Å². The number of ether oxygens (including phenoxy) is 2. The van der Waals surface area contributed by atoms with Gasteiger partial charge in [0.1, 0.15) is 29.2 Å². The predicted octanol–water partition coefficient (Wildman–Crippen LogP) is 5.83. The molecule has 0 fully saturated rings. The summed E-state index contributed by atoms with van der Waals surface area (Å²) in [7, 11) is 1.56. The smallest absolute Gasteiger partial charge is 0.408 e. The summed E-state index contributed by atoms with van der Waals surface area (Å²) in [5.74, 6) is 2.39. The number of hydrogen-bond acceptors (Lipinski definition) is 6. The number of nitrogens with one attached hydrogen (secondary N) is 2. The van der Waals surface area contributed by atoms with Gasteiger partial charge in [0.15, 0.2) is 0 Å². The first-order valence-electron chi connectivity index (χ1n) is 14.5. The Labute approximate surface area is 259 Å². The summed E-state index contributed by atoms with van der Waals surface area (Å²) in [4.78, 5) is 43.0. The van der Waals surface area contributed by atoms with Gasteiger partial charge in [0.2, 0.25) is 5.91 Å². The topological polar surface area (TPSA) is 117 Å². The molecule has 0 aliphatic heterocycles. The average Bonchev–Trinajstić information content (AvgIpc) is 2.99. The molecule has 0 aliphatic rings. The van der Waals surface area contributed by atoms with E-state index in [4.69, 9.17) is 15.9 Å². The largest absolute Gasteiger partial charge is 0.508 e. The van der Waals surface area contributed by atoms with Crippen molar-refractivity contribution in [2.45, 2.75) is 64.6 Å². The van der Waals surface area contributed by atoms with Gasteiger partial charge < -0.3 is 30.1 Å². The lowest BCUT2D eigenvalue weighted by atomic mass is 9.99. The monoisotopic (exact) mass is 599 g/mol. The molecule has 0 bridgehead atoms. The Morgan fingerprint density at radius 3 is 2.16 bits per heavy atom. The van der Waals surface area contributed by atoms with E-state index < -0.39 is 35.6 Å². The Hall–Kier alpha value is -4.97. The zero-order chi connectivity index (χ0) is 32.3. The fourth-order valence-electron chi connectivity index (χ4n) is 4.53. The van der Waals surface area contributed by atoms with Crippen molar-refractivity contribution in [3.8, 4) is 23.8 Å². The maximum absolute atomic E-state index is 14.5. The van der Waals surface area contributed by atoms with E-state index in [1.165, 1.54) is 17.0 Å². The Bertz CT molecular complexity index is 1440. The maximum atomic E-state index is 14.5. The summed E-state index contributed by atoms with van der Waals surface area (Å²) in [6, 6.07) is 18.0. The SMILES string of the molecule is C#Cc1ccc(C(C(=O)Nc2ccc(OC)cc2)N(CCCC)C(=O)C(Cc2ccc(O)cc2)NC(=O)OC(C)(C)C)cc1. The number of methoxy groups -OCH3 is 1. The van der Waals surface area contributed by atoms with Crippen molar-refractivity contribution in [2.75, 3.05) is 19.0 Å². The normalized spacial score (nSPS) is 12.3. The Morgan fingerprint density at radius 2 is 1.61 bits per heavy atom. The zero-order valence-corrected chi connectivity index (χ0v) is 25.9. The number of hydrogen-bond donors (Lipinski definition) is 3. The van der Waals surface area contributed by atoms with Crippen LogP contribution in [0.1, 0.15) is 63.3 Å². The number of terminal acetylenes is 1. The summed E-state index contributed by atoms with van der Waals surface area (Å²) >= 11 is 0. The van der Waals surface area contributed by atoms with Crippen molar-refractivity contribution >= 4 is 23.6 Å². The molecular formula is C35H41N3O6. The van der Waals surface area contributed by atoms with Crippen LogP contribution in [0.3, 0.4) is 0 Å². The van der Waals surface area contributed by atoms with Gasteiger partial charge in [0, 0.05) is 24.2 Å². The van der Waals surface area contributed by atoms with Crippen LogP contribution in [-0.4, -0.2) is 53.2 Å². The van der Waals surface area contributed by atoms with E-state index in [0.717, 1.165) is 6.42 Å². The number of unbranched alkanes of at least 4 members (excludes halogenated alkanes) is 1. The highest BCUT2D eigenvalue weighted by Crippen LogP contribution is 2.27. The van der Waals surface area contributed by atoms with E-state index >= 15 is 0 Å². The molecule has 3 N–H and O–H groups in total. The molecule has 2 unspecified atom stereocenters. The van der Waals surface area contributed by atoms with Crippen LogP contribution >= 0.6 is 0 Å². The first kappa shape index (κ1) is 33.5. The highest BCUT2D eigenvalue weighted by atomic mass is 16.6. The lowest BCUT2D eigenvalue weighted by Crippen LogP contribution is -2.53. The highest BCUT2D eigenvalue weighted by molar-refractivity contribution is 5.99. The second-order valence-electron chi connectivity index (χ2n) is 11.3. The summed E-state index contributed by atoms with van der Waals surface area (Å²) in [6.07, 6.45) is 6.28. The van der Waals surface area contributed by atoms with E-state index in [1.807, 2.05) is 6.92 Å². The molecule has 3 amide bonds. The summed E-state index contributed by atoms with van der Waals surface area (Å²) < 4.78 is 10.7. The fourth-order valence-corrected chi connectivity index (χ4v) is 4.53. The van der Waals surface area contributed by atoms with Gasteiger partial charge in [0.05, 0.1) is 7.11 Å². The predicted molar refractivity (Wildman–Crippen MR) is 170 cm³/mol. The number of phenolic OH excluding ortho intramolecular Hbond substituents is 1. The van der Waals surface area contributed by atoms with Crippen molar-refractivity contribution in [1.29, 1.82) is 0 Å². The number of anilines is 1. The molecule has 3 aromatic rings. The van der Waals surface area contributed by atoms with Gasteiger partial charge >= 0.3 is 6.09 Å². The molecule has 2 atom stereocenters. The highest BCUT2D eigenvalue weighted by Gasteiger charge is 2.36. The third-order valence-electron chi connectivity index (χ3n) is 6.71. The van der Waals surface area contributed by atoms with Crippen molar-refractivity contribution in [3.63, 3.8) is 0 Å². The average molecular weight is 600 g/mol. The number of benzene rings is 3. The molecule has 0 aliphatic carbocycles. The lowest BCUT2D eigenvalue weighted by molar-refractivity contribution is -0.140. The van der Waals surface area contributed by atoms with Crippen molar-refractivity contribution in [2.24, 2.45) is 0 Å². The van der Waals surface area contributed by atoms with Gasteiger partial charge in [0.25, 0.3) is 5.91 Å². The van der Waals surface area contributed by atoms with Gasteiger partial charge in [-0.2, -0.15) is 0 Å². The van der Waals surface area contributed by atoms with E-state index in [0.29, 0.717) is 34.5 Å². The molecule has 44 heavy (non-hydrogen) atoms. The Morgan fingerprint density at radius 1 is 0.977 bits per heavy atom. The van der Waals surface area contributed by atoms with E-state index in [2.05, 4.69) is 16.6 Å². The lowest BCUT2D eigenvalue weighted by Gasteiger charge is -2.34. The van der Waals surface area contributed by atoms with Crippen LogP contribution in [0.25, 0.3) is 0 Å². The van der Waals surface area contributed by atoms with Crippen LogP contribution in [0, 0.1) is 12.3 Å². The molecular weight excluding hydrogens is 558 g/mol. The summed E-state index contributed by atoms with van der Waals surface area (Å²) in [5, 5.41) is 15.4. The van der Waals surface area contributed by atoms with Crippen LogP contribution in [0.5, 0.6) is 11.5 Å². The Kier molecular flexibility index (Phi) is 11.8. The standard InChI is InChI=1S/C35H41N3O6/c1-7-9-22-38(33(41)30(37-34(42)44-35(3,4)5)23-25-12-18-28(39)19-13-25)31(26-14-10-24(8-2)11-15-26)32(40)36-27-16-20-29(43-6)21-17-27/h2,10-21,30-31,39H,7,9,22-23H2,1,3-6H3,(H,36,40)(H,37,42). The minimum absolute atomic E-state index is 0.0759. The van der Waals surface area contributed by atoms with Gasteiger partial charge in [-0.1, -0.05) is 43.5 Å². The number of phenols is 1. The van der Waals surface area contributed by atoms with Crippen LogP contribution in [0.2, 0.25) is 0 Å². The zero-order valence-electron chi connectivity index (χ0n) is 25.9. The van der Waals surface area contributed by atoms with Gasteiger partial charge in [-0.05, 0) is 86.8 Å². The van der Waals surface area contributed by atoms with E-state index in [1.54, 1.807) is 88.5 Å². The fraction of sp³-hybridized carbons (Fsp3) is 0.343. The molecule has 9 nitrogen and oxygen atoms in total. The summed E-state index contributed by atoms with van der Waals surface area (Å²) in [6.45, 7) is 7.43. The molecule has 9 heteroatoms. The number of nitrogens with zero attached hydrogens (tertiary/aromatic N) is 1. The molecule has 0 spiro atoms. The van der Waals surface area contributed by atoms with Gasteiger partial charge in [-0.3, -0.25) is 9.59 Å². The van der Waals surface area contributed by atoms with Crippen molar-refractivity contribution in [1.82, 2.24) is 10.2 Å². The van der Waals surface area contributed by atoms with Crippen LogP contribution in [0.4, 0.5) is 10.5 Å². The number of alkyl carbamates (subject to hydrolysis) is 1. The molecule has 232 valence electrons. The number of aromatic hydroxyl groups is 1. The second-order valence-corrected chi connectivity index (χ2v) is 11.3. The molecule has 0 saturated carbocycles. The summed E-state index contributed by atoms with van der Waals surface area (Å²) in [5.41, 5.74) is 1.62. The molecule has 0 radical (unpaired) electrons. The Balaban J connectivity index is 2.06. The maximum Gasteiger partial charge on any atom is 0.408 e. The van der Waals surface area contributed by atoms with Crippen LogP contribution in [-0.2, 0) is 20.7 Å². The first-order chi connectivity index (χ1) is 20.9. The van der Waals surface area contributed by atoms with Crippen LogP contribution in [0.15, 0.2) is 72.8 Å². The minimum atomic E-state index is -1.08. The van der Waals surface area contributed by atoms with E-state index in [9.17, 15) is 19.5 Å². The molecule has 0 aromatic heterocycles. The number of carbonyl (C=O) groups excluding carboxylic acids is 3. The van der Waals surface area contributed by atoms with Crippen LogP contribution < -0.4 is 15.4 Å². The molecule has 3 aromatic carbocycles. The molecule has 0 saturated heterocycles. The first-order valence-corrected chi connectivity index (χ1v) is 14.5. The van der Waals surface area contributed by atoms with Gasteiger partial charge in [-0.25, -0.2) is 4.79 Å². The van der Waals surface area contributed by atoms with Crippen molar-refractivity contribution in [3.05, 3.63) is 89.5 Å². The third kappa shape index (κ3) is 9.80. The van der Waals surface area contributed by atoms with E-state index in [-0.39, 0.29) is 18.7 Å². The van der Waals surface area contributed by atoms with Gasteiger partial charge in [-0.15, -0.1) is 6.42 Å². The molecule has 3 rings (SSSR count). The minimum Gasteiger partial charge on any atom is -0.508 e. The number of amides is 3.